The van der Waals surface area contributed by atoms with Crippen LogP contribution in [0.25, 0.3) is 10.8 Å². The van der Waals surface area contributed by atoms with Gasteiger partial charge in [0.1, 0.15) is 0 Å². The van der Waals surface area contributed by atoms with Crippen LogP contribution in [0.1, 0.15) is 18.1 Å². The standard InChI is InChI=1S/C14H15NO3S/c16-14(11-5-6-19(17,18)9-11)13-8-15-7-10-3-1-2-4-12(10)13/h1-4,7-8,11,14,16H,5-6,9H2. The van der Waals surface area contributed by atoms with Crippen molar-refractivity contribution in [2.24, 2.45) is 5.92 Å². The van der Waals surface area contributed by atoms with Crippen molar-refractivity contribution >= 4 is 20.6 Å². The first-order valence-electron chi connectivity index (χ1n) is 6.28. The number of hydrogen-bond acceptors (Lipinski definition) is 4. The van der Waals surface area contributed by atoms with Crippen LogP contribution < -0.4 is 0 Å². The summed E-state index contributed by atoms with van der Waals surface area (Å²) in [6, 6.07) is 7.69. The lowest BCUT2D eigenvalue weighted by Crippen LogP contribution is -2.14. The lowest BCUT2D eigenvalue weighted by Gasteiger charge is -2.18. The Hall–Kier alpha value is -1.46. The highest BCUT2D eigenvalue weighted by molar-refractivity contribution is 7.91. The maximum absolute atomic E-state index is 11.5. The molecule has 3 rings (SSSR count). The van der Waals surface area contributed by atoms with Crippen molar-refractivity contribution in [3.63, 3.8) is 0 Å². The SMILES string of the molecule is O=S1(=O)CCC(C(O)c2cncc3ccccc23)C1. The molecular formula is C14H15NO3S. The Balaban J connectivity index is 2.00. The minimum atomic E-state index is -2.98. The average Bonchev–Trinajstić information content (AvgIpc) is 2.78. The summed E-state index contributed by atoms with van der Waals surface area (Å²) < 4.78 is 23.0. The number of pyridine rings is 1. The first-order chi connectivity index (χ1) is 9.07. The molecule has 0 aliphatic carbocycles. The Bertz CT molecular complexity index is 706. The topological polar surface area (TPSA) is 67.3 Å². The van der Waals surface area contributed by atoms with E-state index in [1.54, 1.807) is 12.4 Å². The smallest absolute Gasteiger partial charge is 0.150 e. The van der Waals surface area contributed by atoms with Crippen molar-refractivity contribution in [1.29, 1.82) is 0 Å². The molecule has 100 valence electrons. The molecular weight excluding hydrogens is 262 g/mol. The van der Waals surface area contributed by atoms with E-state index in [4.69, 9.17) is 0 Å². The molecule has 0 bridgehead atoms. The Morgan fingerprint density at radius 1 is 1.26 bits per heavy atom. The van der Waals surface area contributed by atoms with Gasteiger partial charge in [-0.25, -0.2) is 8.42 Å². The van der Waals surface area contributed by atoms with E-state index in [1.165, 1.54) is 0 Å². The van der Waals surface area contributed by atoms with E-state index in [0.717, 1.165) is 16.3 Å². The molecule has 1 aliphatic rings. The van der Waals surface area contributed by atoms with Crippen molar-refractivity contribution in [3.8, 4) is 0 Å². The van der Waals surface area contributed by atoms with Gasteiger partial charge in [0, 0.05) is 29.3 Å². The highest BCUT2D eigenvalue weighted by atomic mass is 32.2. The van der Waals surface area contributed by atoms with Crippen LogP contribution in [0.3, 0.4) is 0 Å². The summed E-state index contributed by atoms with van der Waals surface area (Å²) >= 11 is 0. The van der Waals surface area contributed by atoms with Gasteiger partial charge in [0.05, 0.1) is 17.6 Å². The molecule has 1 fully saturated rings. The molecule has 2 atom stereocenters. The number of aliphatic hydroxyl groups is 1. The molecule has 19 heavy (non-hydrogen) atoms. The number of aromatic nitrogens is 1. The van der Waals surface area contributed by atoms with Crippen LogP contribution in [-0.2, 0) is 9.84 Å². The zero-order valence-electron chi connectivity index (χ0n) is 10.4. The predicted octanol–water partition coefficient (Wildman–Crippen LogP) is 1.70. The number of fused-ring (bicyclic) bond motifs is 1. The van der Waals surface area contributed by atoms with Crippen LogP contribution in [0.15, 0.2) is 36.7 Å². The summed E-state index contributed by atoms with van der Waals surface area (Å²) in [4.78, 5) is 4.13. The van der Waals surface area contributed by atoms with Crippen molar-refractivity contribution in [3.05, 3.63) is 42.2 Å². The van der Waals surface area contributed by atoms with Crippen LogP contribution in [0, 0.1) is 5.92 Å². The van der Waals surface area contributed by atoms with Gasteiger partial charge in [0.15, 0.2) is 9.84 Å². The van der Waals surface area contributed by atoms with Crippen LogP contribution in [0.4, 0.5) is 0 Å². The van der Waals surface area contributed by atoms with Gasteiger partial charge in [-0.05, 0) is 11.8 Å². The molecule has 5 heteroatoms. The summed E-state index contributed by atoms with van der Waals surface area (Å²) in [6.45, 7) is 0. The van der Waals surface area contributed by atoms with E-state index in [0.29, 0.717) is 6.42 Å². The molecule has 1 aromatic carbocycles. The monoisotopic (exact) mass is 277 g/mol. The molecule has 1 aromatic heterocycles. The van der Waals surface area contributed by atoms with Crippen molar-refractivity contribution in [2.75, 3.05) is 11.5 Å². The number of benzene rings is 1. The second-order valence-corrected chi connectivity index (χ2v) is 7.29. The van der Waals surface area contributed by atoms with Gasteiger partial charge in [-0.1, -0.05) is 24.3 Å². The van der Waals surface area contributed by atoms with Gasteiger partial charge in [-0.3, -0.25) is 4.98 Å². The summed E-state index contributed by atoms with van der Waals surface area (Å²) in [7, 11) is -2.98. The lowest BCUT2D eigenvalue weighted by molar-refractivity contribution is 0.122. The Morgan fingerprint density at radius 2 is 2.05 bits per heavy atom. The first-order valence-corrected chi connectivity index (χ1v) is 8.10. The number of sulfone groups is 1. The Labute approximate surface area is 112 Å². The van der Waals surface area contributed by atoms with Crippen LogP contribution in [0.2, 0.25) is 0 Å². The van der Waals surface area contributed by atoms with Gasteiger partial charge < -0.3 is 5.11 Å². The largest absolute Gasteiger partial charge is 0.388 e. The highest BCUT2D eigenvalue weighted by Crippen LogP contribution is 2.34. The normalized spacial score (nSPS) is 23.5. The zero-order valence-corrected chi connectivity index (χ0v) is 11.2. The molecule has 4 nitrogen and oxygen atoms in total. The van der Waals surface area contributed by atoms with E-state index >= 15 is 0 Å². The quantitative estimate of drug-likeness (QED) is 0.907. The average molecular weight is 277 g/mol. The minimum Gasteiger partial charge on any atom is -0.388 e. The van der Waals surface area contributed by atoms with Crippen molar-refractivity contribution < 1.29 is 13.5 Å². The number of aliphatic hydroxyl groups excluding tert-OH is 1. The van der Waals surface area contributed by atoms with Gasteiger partial charge in [0.2, 0.25) is 0 Å². The molecule has 0 saturated carbocycles. The van der Waals surface area contributed by atoms with Gasteiger partial charge in [-0.2, -0.15) is 0 Å². The first kappa shape index (κ1) is 12.6. The fourth-order valence-electron chi connectivity index (χ4n) is 2.70. The third kappa shape index (κ3) is 2.35. The summed E-state index contributed by atoms with van der Waals surface area (Å²) in [5.41, 5.74) is 0.722. The molecule has 2 heterocycles. The van der Waals surface area contributed by atoms with E-state index in [2.05, 4.69) is 4.98 Å². The third-order valence-electron chi connectivity index (χ3n) is 3.73. The van der Waals surface area contributed by atoms with E-state index in [1.807, 2.05) is 24.3 Å². The predicted molar refractivity (Wildman–Crippen MR) is 73.5 cm³/mol. The lowest BCUT2D eigenvalue weighted by atomic mass is 9.93. The molecule has 1 saturated heterocycles. The van der Waals surface area contributed by atoms with Crippen LogP contribution in [0.5, 0.6) is 0 Å². The van der Waals surface area contributed by atoms with Crippen molar-refractivity contribution in [1.82, 2.24) is 4.98 Å². The Morgan fingerprint density at radius 3 is 2.79 bits per heavy atom. The zero-order chi connectivity index (χ0) is 13.5. The summed E-state index contributed by atoms with van der Waals surface area (Å²) in [5.74, 6) is 0.0159. The number of nitrogens with zero attached hydrogens (tertiary/aromatic N) is 1. The minimum absolute atomic E-state index is 0.0669. The highest BCUT2D eigenvalue weighted by Gasteiger charge is 2.34. The van der Waals surface area contributed by atoms with E-state index < -0.39 is 15.9 Å². The van der Waals surface area contributed by atoms with E-state index in [9.17, 15) is 13.5 Å². The number of hydrogen-bond donors (Lipinski definition) is 1. The van der Waals surface area contributed by atoms with Gasteiger partial charge >= 0.3 is 0 Å². The number of rotatable bonds is 2. The summed E-state index contributed by atoms with van der Waals surface area (Å²) in [5, 5.41) is 12.3. The molecule has 0 amide bonds. The second kappa shape index (κ2) is 4.58. The second-order valence-electron chi connectivity index (χ2n) is 5.06. The van der Waals surface area contributed by atoms with Crippen LogP contribution in [-0.4, -0.2) is 30.0 Å². The van der Waals surface area contributed by atoms with Crippen LogP contribution >= 0.6 is 0 Å². The molecule has 0 radical (unpaired) electrons. The van der Waals surface area contributed by atoms with E-state index in [-0.39, 0.29) is 17.4 Å². The maximum Gasteiger partial charge on any atom is 0.150 e. The fraction of sp³-hybridized carbons (Fsp3) is 0.357. The van der Waals surface area contributed by atoms with Gasteiger partial charge in [0.25, 0.3) is 0 Å². The fourth-order valence-corrected chi connectivity index (χ4v) is 4.53. The molecule has 1 aliphatic heterocycles. The molecule has 2 unspecified atom stereocenters. The molecule has 1 N–H and O–H groups in total. The van der Waals surface area contributed by atoms with Gasteiger partial charge in [-0.15, -0.1) is 0 Å². The maximum atomic E-state index is 11.5. The van der Waals surface area contributed by atoms with Crippen molar-refractivity contribution in [2.45, 2.75) is 12.5 Å². The molecule has 0 spiro atoms. The molecule has 2 aromatic rings. The Kier molecular flexibility index (Phi) is 3.03. The third-order valence-corrected chi connectivity index (χ3v) is 5.53. The summed E-state index contributed by atoms with van der Waals surface area (Å²) in [6.07, 6.45) is 3.14.